The predicted molar refractivity (Wildman–Crippen MR) is 90.1 cm³/mol. The molecular weight excluding hydrogens is 292 g/mol. The molecule has 0 radical (unpaired) electrons. The Balaban J connectivity index is 1.98. The second-order valence-corrected chi connectivity index (χ2v) is 5.72. The standard InChI is InChI=1S/C17H26N4O2/c1-4-18-17(19-12-15-7-5-6-13(2)20-15)21-10-8-14(9-11-21)16(22)23-3/h5-7,14H,4,8-12H2,1-3H3,(H,18,19). The zero-order chi connectivity index (χ0) is 16.7. The third-order valence-electron chi connectivity index (χ3n) is 4.00. The van der Waals surface area contributed by atoms with Crippen molar-refractivity contribution in [2.45, 2.75) is 33.2 Å². The number of likely N-dealkylation sites (tertiary alicyclic amines) is 1. The lowest BCUT2D eigenvalue weighted by Crippen LogP contribution is -2.46. The minimum atomic E-state index is -0.101. The third kappa shape index (κ3) is 4.94. The second kappa shape index (κ2) is 8.50. The molecule has 2 heterocycles. The summed E-state index contributed by atoms with van der Waals surface area (Å²) in [5, 5.41) is 3.33. The maximum Gasteiger partial charge on any atom is 0.308 e. The lowest BCUT2D eigenvalue weighted by molar-refractivity contribution is -0.146. The first kappa shape index (κ1) is 17.2. The fourth-order valence-corrected chi connectivity index (χ4v) is 2.76. The first-order chi connectivity index (χ1) is 11.1. The van der Waals surface area contributed by atoms with Gasteiger partial charge in [0.2, 0.25) is 0 Å². The number of ether oxygens (including phenoxy) is 1. The summed E-state index contributed by atoms with van der Waals surface area (Å²) in [6.45, 7) is 7.04. The number of aromatic nitrogens is 1. The first-order valence-corrected chi connectivity index (χ1v) is 8.17. The number of guanidine groups is 1. The average Bonchev–Trinajstić information content (AvgIpc) is 2.58. The highest BCUT2D eigenvalue weighted by Crippen LogP contribution is 2.18. The Bertz CT molecular complexity index is 551. The van der Waals surface area contributed by atoms with Crippen LogP contribution in [0.25, 0.3) is 0 Å². The molecule has 23 heavy (non-hydrogen) atoms. The molecule has 1 aromatic rings. The molecule has 0 amide bonds. The van der Waals surface area contributed by atoms with Crippen LogP contribution in [0.5, 0.6) is 0 Å². The fraction of sp³-hybridized carbons (Fsp3) is 0.588. The zero-order valence-electron chi connectivity index (χ0n) is 14.2. The number of hydrogen-bond acceptors (Lipinski definition) is 4. The van der Waals surface area contributed by atoms with Crippen LogP contribution in [0.1, 0.15) is 31.2 Å². The van der Waals surface area contributed by atoms with E-state index in [1.165, 1.54) is 7.11 Å². The number of esters is 1. The van der Waals surface area contributed by atoms with Gasteiger partial charge in [0.05, 0.1) is 25.3 Å². The van der Waals surface area contributed by atoms with E-state index in [-0.39, 0.29) is 11.9 Å². The van der Waals surface area contributed by atoms with Crippen molar-refractivity contribution in [2.24, 2.45) is 10.9 Å². The molecule has 0 unspecified atom stereocenters. The zero-order valence-corrected chi connectivity index (χ0v) is 14.2. The number of rotatable bonds is 4. The van der Waals surface area contributed by atoms with Crippen molar-refractivity contribution in [2.75, 3.05) is 26.7 Å². The van der Waals surface area contributed by atoms with Gasteiger partial charge >= 0.3 is 5.97 Å². The van der Waals surface area contributed by atoms with Crippen LogP contribution in [-0.2, 0) is 16.1 Å². The van der Waals surface area contributed by atoms with E-state index in [0.29, 0.717) is 6.54 Å². The summed E-state index contributed by atoms with van der Waals surface area (Å²) < 4.78 is 4.84. The molecular formula is C17H26N4O2. The number of nitrogens with zero attached hydrogens (tertiary/aromatic N) is 3. The molecule has 0 spiro atoms. The number of hydrogen-bond donors (Lipinski definition) is 1. The maximum absolute atomic E-state index is 11.6. The van der Waals surface area contributed by atoms with Gasteiger partial charge in [-0.05, 0) is 38.8 Å². The van der Waals surface area contributed by atoms with E-state index in [1.54, 1.807) is 0 Å². The lowest BCUT2D eigenvalue weighted by Gasteiger charge is -2.33. The van der Waals surface area contributed by atoms with Crippen molar-refractivity contribution in [1.82, 2.24) is 15.2 Å². The van der Waals surface area contributed by atoms with Gasteiger partial charge in [-0.1, -0.05) is 6.07 Å². The Morgan fingerprint density at radius 2 is 2.17 bits per heavy atom. The number of methoxy groups -OCH3 is 1. The van der Waals surface area contributed by atoms with Gasteiger partial charge in [0.1, 0.15) is 0 Å². The van der Waals surface area contributed by atoms with E-state index >= 15 is 0 Å². The van der Waals surface area contributed by atoms with Crippen LogP contribution in [-0.4, -0.2) is 48.6 Å². The minimum absolute atomic E-state index is 0.0116. The van der Waals surface area contributed by atoms with Crippen LogP contribution in [0.15, 0.2) is 23.2 Å². The maximum atomic E-state index is 11.6. The molecule has 1 aromatic heterocycles. The van der Waals surface area contributed by atoms with E-state index in [0.717, 1.165) is 49.8 Å². The van der Waals surface area contributed by atoms with Crippen molar-refractivity contribution in [3.8, 4) is 0 Å². The summed E-state index contributed by atoms with van der Waals surface area (Å²) in [5.41, 5.74) is 1.96. The molecule has 0 saturated carbocycles. The van der Waals surface area contributed by atoms with Gasteiger partial charge in [0.25, 0.3) is 0 Å². The van der Waals surface area contributed by atoms with Crippen molar-refractivity contribution < 1.29 is 9.53 Å². The molecule has 0 aliphatic carbocycles. The van der Waals surface area contributed by atoms with Gasteiger partial charge in [0, 0.05) is 25.3 Å². The molecule has 1 saturated heterocycles. The van der Waals surface area contributed by atoms with Gasteiger partial charge in [-0.2, -0.15) is 0 Å². The fourth-order valence-electron chi connectivity index (χ4n) is 2.76. The van der Waals surface area contributed by atoms with Crippen molar-refractivity contribution in [3.63, 3.8) is 0 Å². The Kier molecular flexibility index (Phi) is 6.38. The van der Waals surface area contributed by atoms with Gasteiger partial charge in [0.15, 0.2) is 5.96 Å². The molecule has 1 N–H and O–H groups in total. The average molecular weight is 318 g/mol. The van der Waals surface area contributed by atoms with Crippen molar-refractivity contribution in [1.29, 1.82) is 0 Å². The number of carbonyl (C=O) groups excluding carboxylic acids is 1. The van der Waals surface area contributed by atoms with E-state index in [2.05, 4.69) is 22.1 Å². The number of nitrogens with one attached hydrogen (secondary N) is 1. The Hall–Kier alpha value is -2.11. The largest absolute Gasteiger partial charge is 0.469 e. The minimum Gasteiger partial charge on any atom is -0.469 e. The van der Waals surface area contributed by atoms with Crippen molar-refractivity contribution >= 4 is 11.9 Å². The molecule has 6 heteroatoms. The van der Waals surface area contributed by atoms with E-state index in [4.69, 9.17) is 9.73 Å². The smallest absolute Gasteiger partial charge is 0.308 e. The number of pyridine rings is 1. The van der Waals surface area contributed by atoms with Crippen LogP contribution >= 0.6 is 0 Å². The highest BCUT2D eigenvalue weighted by molar-refractivity contribution is 5.80. The number of aryl methyl sites for hydroxylation is 1. The number of aliphatic imine (C=N–C) groups is 1. The van der Waals surface area contributed by atoms with E-state index < -0.39 is 0 Å². The summed E-state index contributed by atoms with van der Waals surface area (Å²) in [6.07, 6.45) is 1.61. The second-order valence-electron chi connectivity index (χ2n) is 5.72. The highest BCUT2D eigenvalue weighted by atomic mass is 16.5. The molecule has 6 nitrogen and oxygen atoms in total. The molecule has 0 bridgehead atoms. The third-order valence-corrected chi connectivity index (χ3v) is 4.00. The Morgan fingerprint density at radius 1 is 1.43 bits per heavy atom. The molecule has 2 rings (SSSR count). The van der Waals surface area contributed by atoms with Crippen LogP contribution in [0.4, 0.5) is 0 Å². The summed E-state index contributed by atoms with van der Waals surface area (Å²) in [5.74, 6) is 0.798. The first-order valence-electron chi connectivity index (χ1n) is 8.17. The number of piperidine rings is 1. The summed E-state index contributed by atoms with van der Waals surface area (Å²) in [6, 6.07) is 5.97. The topological polar surface area (TPSA) is 66.8 Å². The number of carbonyl (C=O) groups is 1. The van der Waals surface area contributed by atoms with E-state index in [9.17, 15) is 4.79 Å². The molecule has 1 aliphatic heterocycles. The van der Waals surface area contributed by atoms with Crippen LogP contribution in [0.2, 0.25) is 0 Å². The SMILES string of the molecule is CCNC(=NCc1cccc(C)n1)N1CCC(C(=O)OC)CC1. The molecule has 1 aliphatic rings. The Morgan fingerprint density at radius 3 is 2.78 bits per heavy atom. The molecule has 126 valence electrons. The monoisotopic (exact) mass is 318 g/mol. The summed E-state index contributed by atoms with van der Waals surface area (Å²) in [4.78, 5) is 23.0. The highest BCUT2D eigenvalue weighted by Gasteiger charge is 2.26. The normalized spacial score (nSPS) is 16.3. The van der Waals surface area contributed by atoms with Gasteiger partial charge < -0.3 is 15.0 Å². The lowest BCUT2D eigenvalue weighted by atomic mass is 9.97. The van der Waals surface area contributed by atoms with Gasteiger partial charge in [-0.15, -0.1) is 0 Å². The van der Waals surface area contributed by atoms with Crippen LogP contribution < -0.4 is 5.32 Å². The van der Waals surface area contributed by atoms with Crippen LogP contribution in [0, 0.1) is 12.8 Å². The summed E-state index contributed by atoms with van der Waals surface area (Å²) in [7, 11) is 1.45. The molecule has 0 aromatic carbocycles. The van der Waals surface area contributed by atoms with Gasteiger partial charge in [-0.25, -0.2) is 4.99 Å². The Labute approximate surface area is 138 Å². The predicted octanol–water partition coefficient (Wildman–Crippen LogP) is 1.74. The van der Waals surface area contributed by atoms with Gasteiger partial charge in [-0.3, -0.25) is 9.78 Å². The van der Waals surface area contributed by atoms with E-state index in [1.807, 2.05) is 25.1 Å². The molecule has 1 fully saturated rings. The quantitative estimate of drug-likeness (QED) is 0.520. The summed E-state index contributed by atoms with van der Waals surface area (Å²) >= 11 is 0. The van der Waals surface area contributed by atoms with Crippen molar-refractivity contribution in [3.05, 3.63) is 29.6 Å². The molecule has 0 atom stereocenters. The van der Waals surface area contributed by atoms with Crippen LogP contribution in [0.3, 0.4) is 0 Å².